The minimum Gasteiger partial charge on any atom is -0.372 e. The molecule has 0 radical (unpaired) electrons. The monoisotopic (exact) mass is 392 g/mol. The van der Waals surface area contributed by atoms with E-state index in [4.69, 9.17) is 4.52 Å². The summed E-state index contributed by atoms with van der Waals surface area (Å²) < 4.78 is 32.4. The van der Waals surface area contributed by atoms with Gasteiger partial charge in [0.1, 0.15) is 10.6 Å². The van der Waals surface area contributed by atoms with Crippen molar-refractivity contribution in [3.63, 3.8) is 0 Å². The third-order valence-electron chi connectivity index (χ3n) is 5.15. The summed E-state index contributed by atoms with van der Waals surface area (Å²) in [6, 6.07) is 8.50. The quantitative estimate of drug-likeness (QED) is 0.753. The molecule has 0 atom stereocenters. The molecule has 2 heterocycles. The molecule has 0 N–H and O–H groups in total. The maximum atomic E-state index is 12.9. The van der Waals surface area contributed by atoms with E-state index >= 15 is 0 Å². The second-order valence-electron chi connectivity index (χ2n) is 6.73. The smallest absolute Gasteiger partial charge is 0.248 e. The molecule has 3 rings (SSSR count). The fourth-order valence-electron chi connectivity index (χ4n) is 3.62. The summed E-state index contributed by atoms with van der Waals surface area (Å²) in [7, 11) is -3.57. The minimum absolute atomic E-state index is 0.208. The van der Waals surface area contributed by atoms with Crippen molar-refractivity contribution in [1.82, 2.24) is 9.46 Å². The Balaban J connectivity index is 1.69. The summed E-state index contributed by atoms with van der Waals surface area (Å²) in [5, 5.41) is 3.78. The zero-order chi connectivity index (χ0) is 19.6. The first kappa shape index (κ1) is 19.7. The number of aryl methyl sites for hydroxylation is 2. The fourth-order valence-corrected chi connectivity index (χ4v) is 5.33. The van der Waals surface area contributed by atoms with E-state index in [0.29, 0.717) is 37.6 Å². The van der Waals surface area contributed by atoms with E-state index < -0.39 is 10.0 Å². The Bertz CT molecular complexity index is 845. The number of nitrogens with zero attached hydrogens (tertiary/aromatic N) is 4. The van der Waals surface area contributed by atoms with Gasteiger partial charge in [0.2, 0.25) is 10.0 Å². The van der Waals surface area contributed by atoms with Gasteiger partial charge in [0.15, 0.2) is 5.76 Å². The van der Waals surface area contributed by atoms with Crippen molar-refractivity contribution in [2.45, 2.75) is 32.6 Å². The first-order valence-corrected chi connectivity index (χ1v) is 10.9. The Morgan fingerprint density at radius 2 is 1.63 bits per heavy atom. The third kappa shape index (κ3) is 3.82. The summed E-state index contributed by atoms with van der Waals surface area (Å²) in [6.45, 7) is 11.8. The van der Waals surface area contributed by atoms with E-state index in [1.54, 1.807) is 13.8 Å². The molecule has 0 saturated carbocycles. The topological polar surface area (TPSA) is 69.9 Å². The number of rotatable bonds is 6. The maximum Gasteiger partial charge on any atom is 0.248 e. The Morgan fingerprint density at radius 1 is 1.04 bits per heavy atom. The molecular weight excluding hydrogens is 364 g/mol. The van der Waals surface area contributed by atoms with Gasteiger partial charge in [-0.15, -0.1) is 0 Å². The number of sulfonamides is 1. The molecule has 0 spiro atoms. The number of hydrogen-bond donors (Lipinski definition) is 0. The molecule has 1 aliphatic rings. The van der Waals surface area contributed by atoms with Crippen molar-refractivity contribution < 1.29 is 12.9 Å². The Hall–Kier alpha value is -2.06. The summed E-state index contributed by atoms with van der Waals surface area (Å²) in [6.07, 6.45) is 0. The van der Waals surface area contributed by atoms with Gasteiger partial charge in [0.25, 0.3) is 0 Å². The lowest BCUT2D eigenvalue weighted by molar-refractivity contribution is 0.378. The Morgan fingerprint density at radius 3 is 2.11 bits per heavy atom. The SMILES string of the molecule is CCN(CC)c1ccc(N2CCN(S(=O)(=O)c3c(C)noc3C)CC2)cc1. The van der Waals surface area contributed by atoms with Gasteiger partial charge in [-0.2, -0.15) is 4.31 Å². The van der Waals surface area contributed by atoms with Crippen LogP contribution in [0.4, 0.5) is 11.4 Å². The second-order valence-corrected chi connectivity index (χ2v) is 8.61. The highest BCUT2D eigenvalue weighted by molar-refractivity contribution is 7.89. The van der Waals surface area contributed by atoms with E-state index in [1.165, 1.54) is 9.99 Å². The molecule has 148 valence electrons. The van der Waals surface area contributed by atoms with Crippen LogP contribution in [0.15, 0.2) is 33.7 Å². The highest BCUT2D eigenvalue weighted by Crippen LogP contribution is 2.26. The molecule has 0 amide bonds. The van der Waals surface area contributed by atoms with Crippen molar-refractivity contribution in [1.29, 1.82) is 0 Å². The van der Waals surface area contributed by atoms with Crippen LogP contribution in [0.5, 0.6) is 0 Å². The molecule has 0 aliphatic carbocycles. The van der Waals surface area contributed by atoms with Gasteiger partial charge in [-0.1, -0.05) is 5.16 Å². The van der Waals surface area contributed by atoms with E-state index in [2.05, 4.69) is 53.1 Å². The van der Waals surface area contributed by atoms with Crippen LogP contribution < -0.4 is 9.80 Å². The van der Waals surface area contributed by atoms with Crippen LogP contribution >= 0.6 is 0 Å². The van der Waals surface area contributed by atoms with Crippen molar-refractivity contribution in [2.75, 3.05) is 49.1 Å². The zero-order valence-corrected chi connectivity index (χ0v) is 17.3. The van der Waals surface area contributed by atoms with Crippen LogP contribution in [0.1, 0.15) is 25.3 Å². The average molecular weight is 393 g/mol. The van der Waals surface area contributed by atoms with Gasteiger partial charge < -0.3 is 14.3 Å². The molecule has 1 fully saturated rings. The Kier molecular flexibility index (Phi) is 5.76. The Labute approximate surface area is 161 Å². The summed E-state index contributed by atoms with van der Waals surface area (Å²) >= 11 is 0. The minimum atomic E-state index is -3.57. The summed E-state index contributed by atoms with van der Waals surface area (Å²) in [5.74, 6) is 0.349. The van der Waals surface area contributed by atoms with Crippen molar-refractivity contribution in [2.24, 2.45) is 0 Å². The second kappa shape index (κ2) is 7.90. The molecule has 1 aliphatic heterocycles. The maximum absolute atomic E-state index is 12.9. The number of aromatic nitrogens is 1. The zero-order valence-electron chi connectivity index (χ0n) is 16.5. The molecular formula is C19H28N4O3S. The lowest BCUT2D eigenvalue weighted by Crippen LogP contribution is -2.48. The van der Waals surface area contributed by atoms with Crippen LogP contribution in [0.25, 0.3) is 0 Å². The predicted molar refractivity (Wildman–Crippen MR) is 107 cm³/mol. The average Bonchev–Trinajstić information content (AvgIpc) is 3.02. The summed E-state index contributed by atoms with van der Waals surface area (Å²) in [4.78, 5) is 4.74. The molecule has 8 heteroatoms. The van der Waals surface area contributed by atoms with Gasteiger partial charge in [0, 0.05) is 50.6 Å². The van der Waals surface area contributed by atoms with Gasteiger partial charge in [-0.05, 0) is 52.0 Å². The summed E-state index contributed by atoms with van der Waals surface area (Å²) in [5.41, 5.74) is 2.76. The van der Waals surface area contributed by atoms with Crippen LogP contribution in [-0.2, 0) is 10.0 Å². The van der Waals surface area contributed by atoms with Crippen molar-refractivity contribution >= 4 is 21.4 Å². The van der Waals surface area contributed by atoms with Gasteiger partial charge >= 0.3 is 0 Å². The predicted octanol–water partition coefficient (Wildman–Crippen LogP) is 2.65. The van der Waals surface area contributed by atoms with E-state index in [1.807, 2.05) is 0 Å². The fraction of sp³-hybridized carbons (Fsp3) is 0.526. The van der Waals surface area contributed by atoms with Gasteiger partial charge in [-0.3, -0.25) is 0 Å². The number of hydrogen-bond acceptors (Lipinski definition) is 6. The lowest BCUT2D eigenvalue weighted by atomic mass is 10.2. The van der Waals surface area contributed by atoms with Crippen molar-refractivity contribution in [3.8, 4) is 0 Å². The largest absolute Gasteiger partial charge is 0.372 e. The van der Waals surface area contributed by atoms with Gasteiger partial charge in [-0.25, -0.2) is 8.42 Å². The molecule has 27 heavy (non-hydrogen) atoms. The molecule has 1 saturated heterocycles. The first-order valence-electron chi connectivity index (χ1n) is 9.41. The van der Waals surface area contributed by atoms with E-state index in [0.717, 1.165) is 18.8 Å². The van der Waals surface area contributed by atoms with Crippen molar-refractivity contribution in [3.05, 3.63) is 35.7 Å². The van der Waals surface area contributed by atoms with E-state index in [9.17, 15) is 8.42 Å². The van der Waals surface area contributed by atoms with Crippen LogP contribution in [0, 0.1) is 13.8 Å². The third-order valence-corrected chi connectivity index (χ3v) is 7.29. The molecule has 1 aromatic heterocycles. The highest BCUT2D eigenvalue weighted by Gasteiger charge is 2.33. The first-order chi connectivity index (χ1) is 12.9. The molecule has 2 aromatic rings. The molecule has 1 aromatic carbocycles. The van der Waals surface area contributed by atoms with Gasteiger partial charge in [0.05, 0.1) is 0 Å². The molecule has 0 unspecified atom stereocenters. The van der Waals surface area contributed by atoms with Crippen LogP contribution in [0.3, 0.4) is 0 Å². The number of benzene rings is 1. The van der Waals surface area contributed by atoms with Crippen LogP contribution in [0.2, 0.25) is 0 Å². The number of piperazine rings is 1. The normalized spacial score (nSPS) is 15.9. The number of anilines is 2. The van der Waals surface area contributed by atoms with Crippen LogP contribution in [-0.4, -0.2) is 57.1 Å². The standard InChI is InChI=1S/C19H28N4O3S/c1-5-21(6-2)17-7-9-18(10-8-17)22-11-13-23(14-12-22)27(24,25)19-15(3)20-26-16(19)4/h7-10H,5-6,11-14H2,1-4H3. The van der Waals surface area contributed by atoms with E-state index in [-0.39, 0.29) is 4.90 Å². The molecule has 7 nitrogen and oxygen atoms in total. The molecule has 0 bridgehead atoms. The highest BCUT2D eigenvalue weighted by atomic mass is 32.2. The lowest BCUT2D eigenvalue weighted by Gasteiger charge is -2.35.